The van der Waals surface area contributed by atoms with Gasteiger partial charge in [-0.2, -0.15) is 0 Å². The van der Waals surface area contributed by atoms with Crippen molar-refractivity contribution in [2.75, 3.05) is 26.2 Å². The average molecular weight is 506 g/mol. The lowest BCUT2D eigenvalue weighted by Gasteiger charge is -2.31. The lowest BCUT2D eigenvalue weighted by molar-refractivity contribution is -0.126. The lowest BCUT2D eigenvalue weighted by atomic mass is 9.99. The van der Waals surface area contributed by atoms with Crippen LogP contribution in [-0.4, -0.2) is 44.9 Å². The van der Waals surface area contributed by atoms with Crippen LogP contribution < -0.4 is 10.1 Å². The largest absolute Gasteiger partial charge is 0.492 e. The molecule has 0 aliphatic carbocycles. The minimum Gasteiger partial charge on any atom is -0.492 e. The topological polar surface area (TPSA) is 75.7 Å². The molecule has 1 fully saturated rings. The molecule has 1 aliphatic heterocycles. The van der Waals surface area contributed by atoms with Crippen molar-refractivity contribution >= 4 is 50.7 Å². The first-order valence-electron chi connectivity index (χ1n) is 9.82. The highest BCUT2D eigenvalue weighted by Gasteiger charge is 2.32. The molecule has 1 saturated heterocycles. The molecule has 1 N–H and O–H groups in total. The van der Waals surface area contributed by atoms with Gasteiger partial charge in [-0.1, -0.05) is 40.9 Å². The maximum atomic E-state index is 12.8. The van der Waals surface area contributed by atoms with Crippen LogP contribution in [-0.2, 0) is 20.6 Å². The number of carbonyl (C=O) groups excluding carboxylic acids is 1. The molecule has 1 amide bonds. The molecule has 0 radical (unpaired) electrons. The summed E-state index contributed by atoms with van der Waals surface area (Å²) in [5.74, 6) is -0.0921. The van der Waals surface area contributed by atoms with E-state index in [1.54, 1.807) is 42.5 Å². The third kappa shape index (κ3) is 6.99. The van der Waals surface area contributed by atoms with E-state index in [1.807, 2.05) is 0 Å². The Morgan fingerprint density at radius 3 is 2.55 bits per heavy atom. The Bertz CT molecular complexity index is 1020. The zero-order valence-corrected chi connectivity index (χ0v) is 19.8. The van der Waals surface area contributed by atoms with E-state index in [2.05, 4.69) is 5.32 Å². The Balaban J connectivity index is 1.49. The molecule has 0 aromatic heterocycles. The van der Waals surface area contributed by atoms with Crippen molar-refractivity contribution in [1.82, 2.24) is 9.62 Å². The number of halogens is 3. The SMILES string of the molecule is O=C(NCCOc1ccc(Cl)cc1)C1CCCN(S(=O)(=O)Cc2ccc(Cl)c(Cl)c2)C1. The summed E-state index contributed by atoms with van der Waals surface area (Å²) in [7, 11) is -3.58. The summed E-state index contributed by atoms with van der Waals surface area (Å²) in [6, 6.07) is 11.7. The van der Waals surface area contributed by atoms with Gasteiger partial charge in [-0.15, -0.1) is 0 Å². The highest BCUT2D eigenvalue weighted by Crippen LogP contribution is 2.26. The van der Waals surface area contributed by atoms with Crippen LogP contribution in [0.4, 0.5) is 0 Å². The van der Waals surface area contributed by atoms with Crippen molar-refractivity contribution in [1.29, 1.82) is 0 Å². The molecular weight excluding hydrogens is 483 g/mol. The van der Waals surface area contributed by atoms with Crippen molar-refractivity contribution in [3.8, 4) is 5.75 Å². The van der Waals surface area contributed by atoms with Gasteiger partial charge in [0.15, 0.2) is 0 Å². The van der Waals surface area contributed by atoms with Crippen LogP contribution in [0, 0.1) is 5.92 Å². The monoisotopic (exact) mass is 504 g/mol. The number of sulfonamides is 1. The zero-order chi connectivity index (χ0) is 22.4. The Kier molecular flexibility index (Phi) is 8.47. The third-order valence-electron chi connectivity index (χ3n) is 4.97. The maximum absolute atomic E-state index is 12.8. The van der Waals surface area contributed by atoms with Gasteiger partial charge >= 0.3 is 0 Å². The molecule has 2 aromatic carbocycles. The van der Waals surface area contributed by atoms with E-state index in [4.69, 9.17) is 39.5 Å². The summed E-state index contributed by atoms with van der Waals surface area (Å²) < 4.78 is 32.6. The molecule has 1 aliphatic rings. The van der Waals surface area contributed by atoms with E-state index in [0.29, 0.717) is 58.9 Å². The van der Waals surface area contributed by atoms with E-state index < -0.39 is 15.9 Å². The molecule has 1 atom stereocenters. The molecule has 168 valence electrons. The highest BCUT2D eigenvalue weighted by molar-refractivity contribution is 7.88. The number of piperidine rings is 1. The predicted octanol–water partition coefficient (Wildman–Crippen LogP) is 4.38. The lowest BCUT2D eigenvalue weighted by Crippen LogP contribution is -2.46. The van der Waals surface area contributed by atoms with Crippen molar-refractivity contribution in [3.63, 3.8) is 0 Å². The van der Waals surface area contributed by atoms with Gasteiger partial charge in [-0.05, 0) is 54.8 Å². The zero-order valence-electron chi connectivity index (χ0n) is 16.7. The minimum absolute atomic E-state index is 0.160. The molecule has 0 bridgehead atoms. The van der Waals surface area contributed by atoms with E-state index in [-0.39, 0.29) is 18.2 Å². The van der Waals surface area contributed by atoms with E-state index in [1.165, 1.54) is 4.31 Å². The average Bonchev–Trinajstić information content (AvgIpc) is 2.75. The standard InChI is InChI=1S/C21H23Cl3N2O4S/c22-17-4-6-18(7-5-17)30-11-9-25-21(27)16-2-1-10-26(13-16)31(28,29)14-15-3-8-19(23)20(24)12-15/h3-8,12,16H,1-2,9-11,13-14H2,(H,25,27). The number of hydrogen-bond acceptors (Lipinski definition) is 4. The molecule has 10 heteroatoms. The highest BCUT2D eigenvalue weighted by atomic mass is 35.5. The van der Waals surface area contributed by atoms with Crippen molar-refractivity contribution in [3.05, 3.63) is 63.1 Å². The van der Waals surface area contributed by atoms with Gasteiger partial charge < -0.3 is 10.1 Å². The second-order valence-electron chi connectivity index (χ2n) is 7.30. The molecule has 0 spiro atoms. The van der Waals surface area contributed by atoms with Crippen LogP contribution in [0.2, 0.25) is 15.1 Å². The number of carbonyl (C=O) groups is 1. The fourth-order valence-electron chi connectivity index (χ4n) is 3.36. The molecule has 1 unspecified atom stereocenters. The van der Waals surface area contributed by atoms with E-state index in [0.717, 1.165) is 0 Å². The number of benzene rings is 2. The first kappa shape index (κ1) is 24.1. The van der Waals surface area contributed by atoms with Crippen molar-refractivity contribution in [2.45, 2.75) is 18.6 Å². The van der Waals surface area contributed by atoms with Gasteiger partial charge in [0.2, 0.25) is 15.9 Å². The fraction of sp³-hybridized carbons (Fsp3) is 0.381. The Labute approximate surface area is 197 Å². The smallest absolute Gasteiger partial charge is 0.224 e. The van der Waals surface area contributed by atoms with Gasteiger partial charge in [0.1, 0.15) is 12.4 Å². The fourth-order valence-corrected chi connectivity index (χ4v) is 5.40. The molecule has 3 rings (SSSR count). The summed E-state index contributed by atoms with van der Waals surface area (Å²) in [5.41, 5.74) is 0.556. The predicted molar refractivity (Wildman–Crippen MR) is 123 cm³/mol. The second-order valence-corrected chi connectivity index (χ2v) is 10.5. The van der Waals surface area contributed by atoms with Gasteiger partial charge in [0.25, 0.3) is 0 Å². The van der Waals surface area contributed by atoms with Crippen LogP contribution in [0.5, 0.6) is 5.75 Å². The normalized spacial score (nSPS) is 17.3. The number of amides is 1. The van der Waals surface area contributed by atoms with Crippen LogP contribution >= 0.6 is 34.8 Å². The first-order valence-corrected chi connectivity index (χ1v) is 12.6. The summed E-state index contributed by atoms with van der Waals surface area (Å²) in [5, 5.41) is 4.13. The molecule has 1 heterocycles. The Morgan fingerprint density at radius 2 is 1.84 bits per heavy atom. The Hall–Kier alpha value is -1.51. The maximum Gasteiger partial charge on any atom is 0.224 e. The van der Waals surface area contributed by atoms with Crippen LogP contribution in [0.15, 0.2) is 42.5 Å². The quantitative estimate of drug-likeness (QED) is 0.540. The summed E-state index contributed by atoms with van der Waals surface area (Å²) >= 11 is 17.7. The number of rotatable bonds is 8. The number of hydrogen-bond donors (Lipinski definition) is 1. The van der Waals surface area contributed by atoms with E-state index in [9.17, 15) is 13.2 Å². The van der Waals surface area contributed by atoms with Gasteiger partial charge in [-0.25, -0.2) is 12.7 Å². The summed E-state index contributed by atoms with van der Waals surface area (Å²) in [6.45, 7) is 1.19. The first-order chi connectivity index (χ1) is 14.7. The van der Waals surface area contributed by atoms with Crippen molar-refractivity contribution in [2.24, 2.45) is 5.92 Å². The molecular formula is C21H23Cl3N2O4S. The molecule has 0 saturated carbocycles. The minimum atomic E-state index is -3.58. The number of ether oxygens (including phenoxy) is 1. The Morgan fingerprint density at radius 1 is 1.10 bits per heavy atom. The molecule has 2 aromatic rings. The second kappa shape index (κ2) is 10.9. The molecule has 31 heavy (non-hydrogen) atoms. The summed E-state index contributed by atoms with van der Waals surface area (Å²) in [4.78, 5) is 12.5. The number of nitrogens with one attached hydrogen (secondary N) is 1. The summed E-state index contributed by atoms with van der Waals surface area (Å²) in [6.07, 6.45) is 1.27. The van der Waals surface area contributed by atoms with Gasteiger partial charge in [0.05, 0.1) is 28.3 Å². The molecule has 6 nitrogen and oxygen atoms in total. The van der Waals surface area contributed by atoms with E-state index >= 15 is 0 Å². The van der Waals surface area contributed by atoms with Gasteiger partial charge in [-0.3, -0.25) is 4.79 Å². The van der Waals surface area contributed by atoms with Crippen LogP contribution in [0.25, 0.3) is 0 Å². The third-order valence-corrected chi connectivity index (χ3v) is 7.77. The number of nitrogens with zero attached hydrogens (tertiary/aromatic N) is 1. The van der Waals surface area contributed by atoms with Crippen molar-refractivity contribution < 1.29 is 17.9 Å². The van der Waals surface area contributed by atoms with Gasteiger partial charge in [0, 0.05) is 18.1 Å². The van der Waals surface area contributed by atoms with Crippen LogP contribution in [0.1, 0.15) is 18.4 Å². The van der Waals surface area contributed by atoms with Crippen LogP contribution in [0.3, 0.4) is 0 Å².